The Morgan fingerprint density at radius 2 is 2.00 bits per heavy atom. The summed E-state index contributed by atoms with van der Waals surface area (Å²) < 4.78 is 2.01. The van der Waals surface area contributed by atoms with Crippen LogP contribution in [0.5, 0.6) is 0 Å². The van der Waals surface area contributed by atoms with E-state index in [-0.39, 0.29) is 0 Å². The summed E-state index contributed by atoms with van der Waals surface area (Å²) in [6, 6.07) is 8.96. The van der Waals surface area contributed by atoms with Crippen LogP contribution in [0.15, 0.2) is 43.0 Å². The molecule has 102 valence electrons. The lowest BCUT2D eigenvalue weighted by Crippen LogP contribution is -2.28. The first kappa shape index (κ1) is 13.8. The molecule has 1 heterocycles. The third kappa shape index (κ3) is 3.91. The molecule has 0 aliphatic rings. The zero-order valence-corrected chi connectivity index (χ0v) is 11.9. The fraction of sp³-hybridized carbons (Fsp3) is 0.400. The van der Waals surface area contributed by atoms with Gasteiger partial charge >= 0.3 is 0 Å². The fourth-order valence-electron chi connectivity index (χ4n) is 1.97. The third-order valence-corrected chi connectivity index (χ3v) is 3.21. The Hall–Kier alpha value is -1.65. The first-order valence-electron chi connectivity index (χ1n) is 6.63. The summed E-state index contributed by atoms with van der Waals surface area (Å²) in [6.07, 6.45) is 5.56. The van der Waals surface area contributed by atoms with Crippen LogP contribution in [-0.2, 0) is 0 Å². The lowest BCUT2D eigenvalue weighted by atomic mass is 10.1. The van der Waals surface area contributed by atoms with E-state index < -0.39 is 0 Å². The summed E-state index contributed by atoms with van der Waals surface area (Å²) in [7, 11) is 4.18. The van der Waals surface area contributed by atoms with Gasteiger partial charge in [0.25, 0.3) is 0 Å². The zero-order chi connectivity index (χ0) is 13.7. The number of benzene rings is 1. The number of hydrogen-bond donors (Lipinski definition) is 1. The molecule has 2 rings (SSSR count). The lowest BCUT2D eigenvalue weighted by molar-refractivity contribution is 0.389. The van der Waals surface area contributed by atoms with Gasteiger partial charge in [0.1, 0.15) is 0 Å². The Morgan fingerprint density at radius 1 is 1.26 bits per heavy atom. The van der Waals surface area contributed by atoms with E-state index >= 15 is 0 Å². The summed E-state index contributed by atoms with van der Waals surface area (Å²) >= 11 is 0. The van der Waals surface area contributed by atoms with Crippen LogP contribution >= 0.6 is 0 Å². The summed E-state index contributed by atoms with van der Waals surface area (Å²) in [6.45, 7) is 4.25. The average Bonchev–Trinajstić information content (AvgIpc) is 2.92. The van der Waals surface area contributed by atoms with Crippen LogP contribution in [0.3, 0.4) is 0 Å². The van der Waals surface area contributed by atoms with Gasteiger partial charge in [-0.05, 0) is 38.7 Å². The van der Waals surface area contributed by atoms with Gasteiger partial charge in [-0.3, -0.25) is 0 Å². The number of nitrogens with one attached hydrogen (secondary N) is 1. The summed E-state index contributed by atoms with van der Waals surface area (Å²) in [5, 5.41) is 3.52. The SMILES string of the molecule is CC(NCCN(C)C)c1ccc(-n2ccnc2)cc1. The van der Waals surface area contributed by atoms with Crippen molar-refractivity contribution in [1.82, 2.24) is 19.8 Å². The van der Waals surface area contributed by atoms with Crippen molar-refractivity contribution in [2.45, 2.75) is 13.0 Å². The number of imidazole rings is 1. The molecule has 0 bridgehead atoms. The van der Waals surface area contributed by atoms with Crippen molar-refractivity contribution in [3.8, 4) is 5.69 Å². The highest BCUT2D eigenvalue weighted by Crippen LogP contribution is 2.15. The van der Waals surface area contributed by atoms with Gasteiger partial charge in [0.2, 0.25) is 0 Å². The van der Waals surface area contributed by atoms with Gasteiger partial charge in [0.15, 0.2) is 0 Å². The zero-order valence-electron chi connectivity index (χ0n) is 11.9. The maximum Gasteiger partial charge on any atom is 0.0991 e. The standard InChI is InChI=1S/C15H22N4/c1-13(17-9-10-18(2)3)14-4-6-15(7-5-14)19-11-8-16-12-19/h4-8,11-13,17H,9-10H2,1-3H3. The van der Waals surface area contributed by atoms with E-state index in [0.717, 1.165) is 18.8 Å². The number of rotatable bonds is 6. The van der Waals surface area contributed by atoms with E-state index in [4.69, 9.17) is 0 Å². The van der Waals surface area contributed by atoms with Gasteiger partial charge in [0.05, 0.1) is 6.33 Å². The predicted molar refractivity (Wildman–Crippen MR) is 78.5 cm³/mol. The van der Waals surface area contributed by atoms with E-state index in [9.17, 15) is 0 Å². The van der Waals surface area contributed by atoms with Gasteiger partial charge in [-0.25, -0.2) is 4.98 Å². The molecule has 1 atom stereocenters. The molecule has 4 nitrogen and oxygen atoms in total. The molecule has 1 aromatic heterocycles. The Morgan fingerprint density at radius 3 is 2.58 bits per heavy atom. The van der Waals surface area contributed by atoms with Crippen molar-refractivity contribution in [3.63, 3.8) is 0 Å². The maximum atomic E-state index is 4.06. The molecular weight excluding hydrogens is 236 g/mol. The van der Waals surface area contributed by atoms with Crippen LogP contribution in [-0.4, -0.2) is 41.6 Å². The van der Waals surface area contributed by atoms with E-state index in [1.54, 1.807) is 6.20 Å². The molecule has 0 saturated carbocycles. The van der Waals surface area contributed by atoms with Gasteiger partial charge in [-0.1, -0.05) is 12.1 Å². The minimum absolute atomic E-state index is 0.372. The van der Waals surface area contributed by atoms with Crippen LogP contribution in [0.4, 0.5) is 0 Å². The topological polar surface area (TPSA) is 33.1 Å². The minimum Gasteiger partial charge on any atom is -0.309 e. The highest BCUT2D eigenvalue weighted by Gasteiger charge is 2.04. The Labute approximate surface area is 115 Å². The van der Waals surface area contributed by atoms with Gasteiger partial charge < -0.3 is 14.8 Å². The quantitative estimate of drug-likeness (QED) is 0.861. The third-order valence-electron chi connectivity index (χ3n) is 3.21. The minimum atomic E-state index is 0.372. The molecule has 1 N–H and O–H groups in total. The van der Waals surface area contributed by atoms with Crippen molar-refractivity contribution in [3.05, 3.63) is 48.5 Å². The second-order valence-corrected chi connectivity index (χ2v) is 5.04. The highest BCUT2D eigenvalue weighted by molar-refractivity contribution is 5.35. The van der Waals surface area contributed by atoms with E-state index in [0.29, 0.717) is 6.04 Å². The first-order valence-corrected chi connectivity index (χ1v) is 6.63. The molecule has 0 fully saturated rings. The second kappa shape index (κ2) is 6.50. The molecule has 0 saturated heterocycles. The van der Waals surface area contributed by atoms with Crippen LogP contribution < -0.4 is 5.32 Å². The molecule has 0 amide bonds. The summed E-state index contributed by atoms with van der Waals surface area (Å²) in [5.41, 5.74) is 2.45. The van der Waals surface area contributed by atoms with Crippen molar-refractivity contribution in [2.75, 3.05) is 27.2 Å². The largest absolute Gasteiger partial charge is 0.309 e. The first-order chi connectivity index (χ1) is 9.16. The van der Waals surface area contributed by atoms with Gasteiger partial charge in [-0.15, -0.1) is 0 Å². The molecule has 19 heavy (non-hydrogen) atoms. The van der Waals surface area contributed by atoms with Crippen molar-refractivity contribution >= 4 is 0 Å². The second-order valence-electron chi connectivity index (χ2n) is 5.04. The normalized spacial score (nSPS) is 12.8. The average molecular weight is 258 g/mol. The molecular formula is C15H22N4. The smallest absolute Gasteiger partial charge is 0.0991 e. The van der Waals surface area contributed by atoms with Crippen molar-refractivity contribution in [1.29, 1.82) is 0 Å². The Bertz CT molecular complexity index is 473. The summed E-state index contributed by atoms with van der Waals surface area (Å²) in [5.74, 6) is 0. The van der Waals surface area contributed by atoms with Gasteiger partial charge in [-0.2, -0.15) is 0 Å². The molecule has 4 heteroatoms. The number of likely N-dealkylation sites (N-methyl/N-ethyl adjacent to an activating group) is 1. The Kier molecular flexibility index (Phi) is 4.71. The van der Waals surface area contributed by atoms with Gasteiger partial charge in [0, 0.05) is 37.2 Å². The van der Waals surface area contributed by atoms with E-state index in [1.807, 2.05) is 17.1 Å². The molecule has 0 radical (unpaired) electrons. The van der Waals surface area contributed by atoms with Crippen LogP contribution in [0.25, 0.3) is 5.69 Å². The van der Waals surface area contributed by atoms with Crippen molar-refractivity contribution in [2.24, 2.45) is 0 Å². The van der Waals surface area contributed by atoms with E-state index in [1.165, 1.54) is 5.56 Å². The molecule has 2 aromatic rings. The summed E-state index contributed by atoms with van der Waals surface area (Å²) in [4.78, 5) is 6.24. The molecule has 1 aromatic carbocycles. The highest BCUT2D eigenvalue weighted by atomic mass is 15.1. The molecule has 0 spiro atoms. The molecule has 1 unspecified atom stereocenters. The monoisotopic (exact) mass is 258 g/mol. The fourth-order valence-corrected chi connectivity index (χ4v) is 1.97. The predicted octanol–water partition coefficient (Wildman–Crippen LogP) is 2.08. The van der Waals surface area contributed by atoms with Crippen LogP contribution in [0.2, 0.25) is 0 Å². The van der Waals surface area contributed by atoms with Crippen LogP contribution in [0.1, 0.15) is 18.5 Å². The molecule has 0 aliphatic heterocycles. The van der Waals surface area contributed by atoms with Crippen molar-refractivity contribution < 1.29 is 0 Å². The van der Waals surface area contributed by atoms with E-state index in [2.05, 4.69) is 60.5 Å². The number of aromatic nitrogens is 2. The maximum absolute atomic E-state index is 4.06. The number of hydrogen-bond acceptors (Lipinski definition) is 3. The molecule has 0 aliphatic carbocycles. The van der Waals surface area contributed by atoms with Crippen LogP contribution in [0, 0.1) is 0 Å². The lowest BCUT2D eigenvalue weighted by Gasteiger charge is -2.17. The Balaban J connectivity index is 1.94. The number of nitrogens with zero attached hydrogens (tertiary/aromatic N) is 3.